The first kappa shape index (κ1) is 7.70. The number of ether oxygens (including phenoxy) is 1. The molecule has 0 spiro atoms. The van der Waals surface area contributed by atoms with Crippen LogP contribution in [0.15, 0.2) is 12.7 Å². The minimum Gasteiger partial charge on any atom is -0.374 e. The maximum Gasteiger partial charge on any atom is 0.0648 e. The molecule has 0 aromatic carbocycles. The van der Waals surface area contributed by atoms with Gasteiger partial charge in [-0.1, -0.05) is 13.0 Å². The Balaban J connectivity index is 2.97. The van der Waals surface area contributed by atoms with Crippen LogP contribution in [0.25, 0.3) is 0 Å². The van der Waals surface area contributed by atoms with E-state index in [2.05, 4.69) is 20.4 Å². The molecule has 48 valence electrons. The molecule has 0 aliphatic rings. The quantitative estimate of drug-likeness (QED) is 0.508. The van der Waals surface area contributed by atoms with Crippen molar-refractivity contribution in [1.29, 1.82) is 0 Å². The van der Waals surface area contributed by atoms with Crippen LogP contribution in [0.2, 0.25) is 0 Å². The number of hydrogen-bond donors (Lipinski definition) is 0. The third kappa shape index (κ3) is 3.88. The van der Waals surface area contributed by atoms with E-state index in [1.807, 2.05) is 0 Å². The van der Waals surface area contributed by atoms with E-state index in [1.165, 1.54) is 0 Å². The molecule has 0 rings (SSSR count). The molecule has 0 saturated heterocycles. The van der Waals surface area contributed by atoms with Crippen LogP contribution in [0.4, 0.5) is 0 Å². The third-order valence-electron chi connectivity index (χ3n) is 1.07. The SMILES string of the molecule is C=CCO[C@@H](C)CC. The van der Waals surface area contributed by atoms with Crippen LogP contribution >= 0.6 is 0 Å². The van der Waals surface area contributed by atoms with Crippen molar-refractivity contribution < 1.29 is 4.74 Å². The fourth-order valence-electron chi connectivity index (χ4n) is 0.350. The standard InChI is InChI=1S/C7H14O/c1-4-6-8-7(3)5-2/h4,7H,1,5-6H2,2-3H3/t7-/m0/s1. The summed E-state index contributed by atoms with van der Waals surface area (Å²) in [5.74, 6) is 0. The molecule has 0 amide bonds. The fourth-order valence-corrected chi connectivity index (χ4v) is 0.350. The lowest BCUT2D eigenvalue weighted by molar-refractivity contribution is 0.0858. The Morgan fingerprint density at radius 1 is 1.75 bits per heavy atom. The van der Waals surface area contributed by atoms with Gasteiger partial charge in [0.05, 0.1) is 12.7 Å². The smallest absolute Gasteiger partial charge is 0.0648 e. The van der Waals surface area contributed by atoms with Gasteiger partial charge in [0.1, 0.15) is 0 Å². The Hall–Kier alpha value is -0.300. The van der Waals surface area contributed by atoms with Crippen molar-refractivity contribution in [2.75, 3.05) is 6.61 Å². The summed E-state index contributed by atoms with van der Waals surface area (Å²) in [6, 6.07) is 0. The van der Waals surface area contributed by atoms with Gasteiger partial charge < -0.3 is 4.74 Å². The van der Waals surface area contributed by atoms with E-state index in [0.29, 0.717) is 12.7 Å². The van der Waals surface area contributed by atoms with Gasteiger partial charge in [-0.2, -0.15) is 0 Å². The van der Waals surface area contributed by atoms with Crippen molar-refractivity contribution in [3.8, 4) is 0 Å². The molecular formula is C7H14O. The molecular weight excluding hydrogens is 100 g/mol. The zero-order chi connectivity index (χ0) is 6.41. The Morgan fingerprint density at radius 2 is 2.38 bits per heavy atom. The van der Waals surface area contributed by atoms with Gasteiger partial charge >= 0.3 is 0 Å². The van der Waals surface area contributed by atoms with Gasteiger partial charge in [-0.25, -0.2) is 0 Å². The van der Waals surface area contributed by atoms with Crippen LogP contribution in [0.1, 0.15) is 20.3 Å². The van der Waals surface area contributed by atoms with Crippen molar-refractivity contribution in [1.82, 2.24) is 0 Å². The van der Waals surface area contributed by atoms with Gasteiger partial charge in [0, 0.05) is 0 Å². The Morgan fingerprint density at radius 3 is 2.75 bits per heavy atom. The monoisotopic (exact) mass is 114 g/mol. The largest absolute Gasteiger partial charge is 0.374 e. The van der Waals surface area contributed by atoms with Crippen LogP contribution in [0, 0.1) is 0 Å². The highest BCUT2D eigenvalue weighted by Crippen LogP contribution is 1.93. The summed E-state index contributed by atoms with van der Waals surface area (Å²) in [5, 5.41) is 0. The first-order valence-electron chi connectivity index (χ1n) is 3.03. The maximum absolute atomic E-state index is 5.22. The molecule has 1 heteroatoms. The molecule has 1 atom stereocenters. The fraction of sp³-hybridized carbons (Fsp3) is 0.714. The zero-order valence-electron chi connectivity index (χ0n) is 5.68. The van der Waals surface area contributed by atoms with Gasteiger partial charge in [0.2, 0.25) is 0 Å². The van der Waals surface area contributed by atoms with Gasteiger partial charge in [0.15, 0.2) is 0 Å². The Labute approximate surface area is 51.4 Å². The second kappa shape index (κ2) is 4.85. The lowest BCUT2D eigenvalue weighted by atomic mass is 10.3. The highest BCUT2D eigenvalue weighted by atomic mass is 16.5. The highest BCUT2D eigenvalue weighted by Gasteiger charge is 1.92. The van der Waals surface area contributed by atoms with E-state index in [4.69, 9.17) is 4.74 Å². The molecule has 0 fully saturated rings. The molecule has 0 N–H and O–H groups in total. The Bertz CT molecular complexity index is 59.4. The van der Waals surface area contributed by atoms with E-state index in [9.17, 15) is 0 Å². The van der Waals surface area contributed by atoms with Crippen LogP contribution in [-0.2, 0) is 4.74 Å². The molecule has 0 aliphatic heterocycles. The molecule has 0 saturated carbocycles. The molecule has 0 radical (unpaired) electrons. The van der Waals surface area contributed by atoms with Crippen molar-refractivity contribution in [2.45, 2.75) is 26.4 Å². The van der Waals surface area contributed by atoms with Crippen molar-refractivity contribution >= 4 is 0 Å². The van der Waals surface area contributed by atoms with Crippen LogP contribution < -0.4 is 0 Å². The van der Waals surface area contributed by atoms with E-state index >= 15 is 0 Å². The minimum atomic E-state index is 0.382. The van der Waals surface area contributed by atoms with Gasteiger partial charge in [-0.05, 0) is 13.3 Å². The summed E-state index contributed by atoms with van der Waals surface area (Å²) in [6.45, 7) is 8.38. The van der Waals surface area contributed by atoms with Crippen molar-refractivity contribution in [3.63, 3.8) is 0 Å². The van der Waals surface area contributed by atoms with Crippen LogP contribution in [-0.4, -0.2) is 12.7 Å². The molecule has 1 nitrogen and oxygen atoms in total. The van der Waals surface area contributed by atoms with Gasteiger partial charge in [-0.3, -0.25) is 0 Å². The predicted molar refractivity (Wildman–Crippen MR) is 35.9 cm³/mol. The minimum absolute atomic E-state index is 0.382. The number of rotatable bonds is 4. The average molecular weight is 114 g/mol. The summed E-state index contributed by atoms with van der Waals surface area (Å²) < 4.78 is 5.22. The highest BCUT2D eigenvalue weighted by molar-refractivity contribution is 4.64. The second-order valence-corrected chi connectivity index (χ2v) is 1.84. The van der Waals surface area contributed by atoms with Gasteiger partial charge in [0.25, 0.3) is 0 Å². The topological polar surface area (TPSA) is 9.23 Å². The summed E-state index contributed by atoms with van der Waals surface area (Å²) in [7, 11) is 0. The molecule has 0 aliphatic carbocycles. The van der Waals surface area contributed by atoms with Crippen LogP contribution in [0.3, 0.4) is 0 Å². The van der Waals surface area contributed by atoms with Crippen molar-refractivity contribution in [2.24, 2.45) is 0 Å². The van der Waals surface area contributed by atoms with E-state index in [-0.39, 0.29) is 0 Å². The maximum atomic E-state index is 5.22. The second-order valence-electron chi connectivity index (χ2n) is 1.84. The molecule has 8 heavy (non-hydrogen) atoms. The zero-order valence-corrected chi connectivity index (χ0v) is 5.68. The predicted octanol–water partition coefficient (Wildman–Crippen LogP) is 1.99. The number of hydrogen-bond acceptors (Lipinski definition) is 1. The lowest BCUT2D eigenvalue weighted by Gasteiger charge is -2.06. The molecule has 0 aromatic rings. The summed E-state index contributed by atoms with van der Waals surface area (Å²) in [6.07, 6.45) is 3.23. The summed E-state index contributed by atoms with van der Waals surface area (Å²) in [5.41, 5.74) is 0. The third-order valence-corrected chi connectivity index (χ3v) is 1.07. The van der Waals surface area contributed by atoms with Crippen molar-refractivity contribution in [3.05, 3.63) is 12.7 Å². The van der Waals surface area contributed by atoms with E-state index in [1.54, 1.807) is 6.08 Å². The van der Waals surface area contributed by atoms with Crippen LogP contribution in [0.5, 0.6) is 0 Å². The summed E-state index contributed by atoms with van der Waals surface area (Å²) >= 11 is 0. The molecule has 0 heterocycles. The molecule has 0 unspecified atom stereocenters. The summed E-state index contributed by atoms with van der Waals surface area (Å²) in [4.78, 5) is 0. The average Bonchev–Trinajstić information content (AvgIpc) is 1.83. The molecule has 0 aromatic heterocycles. The van der Waals surface area contributed by atoms with Gasteiger partial charge in [-0.15, -0.1) is 6.58 Å². The lowest BCUT2D eigenvalue weighted by Crippen LogP contribution is -2.05. The molecule has 0 bridgehead atoms. The first-order chi connectivity index (χ1) is 3.81. The van der Waals surface area contributed by atoms with E-state index < -0.39 is 0 Å². The normalized spacial score (nSPS) is 13.2. The first-order valence-corrected chi connectivity index (χ1v) is 3.03. The van der Waals surface area contributed by atoms with E-state index in [0.717, 1.165) is 6.42 Å². The Kier molecular flexibility index (Phi) is 4.67.